The van der Waals surface area contributed by atoms with Gasteiger partial charge in [-0.3, -0.25) is 4.79 Å². The maximum Gasteiger partial charge on any atom is 0.282 e. The molecular formula is C25H23BrCl2N4O. The van der Waals surface area contributed by atoms with Crippen LogP contribution in [-0.4, -0.2) is 20.4 Å². The molecule has 1 atom stereocenters. The second kappa shape index (κ2) is 9.45. The van der Waals surface area contributed by atoms with E-state index in [1.165, 1.54) is 4.68 Å². The van der Waals surface area contributed by atoms with Crippen LogP contribution in [0.3, 0.4) is 0 Å². The molecule has 0 unspecified atom stereocenters. The van der Waals surface area contributed by atoms with Gasteiger partial charge in [-0.15, -0.1) is 0 Å². The van der Waals surface area contributed by atoms with Crippen LogP contribution in [0, 0.1) is 13.8 Å². The molecule has 0 saturated carbocycles. The Morgan fingerprint density at radius 1 is 1.15 bits per heavy atom. The first kappa shape index (κ1) is 23.7. The molecule has 0 aliphatic carbocycles. The first-order valence-electron chi connectivity index (χ1n) is 10.6. The number of rotatable bonds is 5. The van der Waals surface area contributed by atoms with E-state index in [0.717, 1.165) is 33.5 Å². The van der Waals surface area contributed by atoms with Gasteiger partial charge < -0.3 is 4.57 Å². The van der Waals surface area contributed by atoms with Crippen LogP contribution >= 0.6 is 39.1 Å². The molecule has 170 valence electrons. The first-order chi connectivity index (χ1) is 15.7. The van der Waals surface area contributed by atoms with Crippen LogP contribution in [0.1, 0.15) is 49.0 Å². The number of aromatic nitrogens is 3. The van der Waals surface area contributed by atoms with Gasteiger partial charge in [0, 0.05) is 32.4 Å². The van der Waals surface area contributed by atoms with Crippen molar-refractivity contribution in [3.63, 3.8) is 0 Å². The van der Waals surface area contributed by atoms with Gasteiger partial charge in [-0.05, 0) is 62.7 Å². The van der Waals surface area contributed by atoms with Crippen molar-refractivity contribution in [2.45, 2.75) is 40.0 Å². The summed E-state index contributed by atoms with van der Waals surface area (Å²) in [6.07, 6.45) is 2.55. The van der Waals surface area contributed by atoms with Crippen molar-refractivity contribution in [3.05, 3.63) is 90.1 Å². The van der Waals surface area contributed by atoms with E-state index in [2.05, 4.69) is 28.0 Å². The molecule has 0 radical (unpaired) electrons. The number of fused-ring (bicyclic) bond motifs is 1. The van der Waals surface area contributed by atoms with E-state index >= 15 is 0 Å². The van der Waals surface area contributed by atoms with Crippen molar-refractivity contribution < 1.29 is 0 Å². The Bertz CT molecular complexity index is 1460. The Hall–Kier alpha value is -2.41. The van der Waals surface area contributed by atoms with Crippen LogP contribution in [-0.2, 0) is 0 Å². The highest BCUT2D eigenvalue weighted by Crippen LogP contribution is 2.28. The summed E-state index contributed by atoms with van der Waals surface area (Å²) in [4.78, 5) is 18.1. The average Bonchev–Trinajstić information content (AvgIpc) is 3.06. The van der Waals surface area contributed by atoms with Crippen LogP contribution in [0.5, 0.6) is 0 Å². The van der Waals surface area contributed by atoms with Gasteiger partial charge in [0.25, 0.3) is 5.56 Å². The lowest BCUT2D eigenvalue weighted by Gasteiger charge is -2.14. The van der Waals surface area contributed by atoms with Crippen molar-refractivity contribution >= 4 is 56.2 Å². The van der Waals surface area contributed by atoms with Crippen LogP contribution < -0.4 is 5.56 Å². The summed E-state index contributed by atoms with van der Waals surface area (Å²) in [5.41, 5.74) is 4.14. The molecule has 0 N–H and O–H groups in total. The lowest BCUT2D eigenvalue weighted by atomic mass is 10.1. The smallest absolute Gasteiger partial charge is 0.282 e. The molecule has 0 aliphatic heterocycles. The highest BCUT2D eigenvalue weighted by molar-refractivity contribution is 9.10. The fourth-order valence-corrected chi connectivity index (χ4v) is 4.70. The lowest BCUT2D eigenvalue weighted by Crippen LogP contribution is -2.23. The fourth-order valence-electron chi connectivity index (χ4n) is 3.85. The molecular weight excluding hydrogens is 523 g/mol. The van der Waals surface area contributed by atoms with Crippen molar-refractivity contribution in [1.29, 1.82) is 0 Å². The summed E-state index contributed by atoms with van der Waals surface area (Å²) in [5.74, 6) is 0.714. The van der Waals surface area contributed by atoms with Gasteiger partial charge in [0.1, 0.15) is 5.82 Å². The molecule has 0 fully saturated rings. The van der Waals surface area contributed by atoms with E-state index in [0.29, 0.717) is 26.8 Å². The Morgan fingerprint density at radius 3 is 2.61 bits per heavy atom. The summed E-state index contributed by atoms with van der Waals surface area (Å²) >= 11 is 16.0. The normalized spacial score (nSPS) is 12.7. The van der Waals surface area contributed by atoms with Gasteiger partial charge in [0.05, 0.1) is 27.8 Å². The van der Waals surface area contributed by atoms with E-state index in [1.54, 1.807) is 18.3 Å². The summed E-state index contributed by atoms with van der Waals surface area (Å²) in [5, 5.41) is 6.27. The molecule has 4 rings (SSSR count). The molecule has 2 aromatic carbocycles. The van der Waals surface area contributed by atoms with Gasteiger partial charge in [-0.2, -0.15) is 9.78 Å². The minimum absolute atomic E-state index is 0.0724. The molecule has 0 aliphatic rings. The van der Waals surface area contributed by atoms with Crippen molar-refractivity contribution in [2.75, 3.05) is 0 Å². The summed E-state index contributed by atoms with van der Waals surface area (Å²) < 4.78 is 4.29. The highest BCUT2D eigenvalue weighted by atomic mass is 79.9. The predicted octanol–water partition coefficient (Wildman–Crippen LogP) is 7.27. The van der Waals surface area contributed by atoms with Gasteiger partial charge in [0.15, 0.2) is 0 Å². The third kappa shape index (κ3) is 4.52. The molecule has 0 amide bonds. The first-order valence-corrected chi connectivity index (χ1v) is 12.2. The van der Waals surface area contributed by atoms with Crippen LogP contribution in [0.2, 0.25) is 10.0 Å². The molecule has 2 aromatic heterocycles. The van der Waals surface area contributed by atoms with E-state index in [9.17, 15) is 4.79 Å². The number of benzene rings is 2. The molecule has 33 heavy (non-hydrogen) atoms. The third-order valence-corrected chi connectivity index (χ3v) is 6.85. The van der Waals surface area contributed by atoms with Crippen molar-refractivity contribution in [2.24, 2.45) is 5.10 Å². The Morgan fingerprint density at radius 2 is 1.91 bits per heavy atom. The zero-order valence-corrected chi connectivity index (χ0v) is 21.8. The van der Waals surface area contributed by atoms with E-state index in [4.69, 9.17) is 28.2 Å². The monoisotopic (exact) mass is 544 g/mol. The number of hydrogen-bond donors (Lipinski definition) is 0. The molecule has 2 heterocycles. The third-order valence-electron chi connectivity index (χ3n) is 5.82. The molecule has 5 nitrogen and oxygen atoms in total. The van der Waals surface area contributed by atoms with E-state index in [1.807, 2.05) is 55.7 Å². The number of aryl methyl sites for hydroxylation is 1. The second-order valence-electron chi connectivity index (χ2n) is 8.06. The number of hydrogen-bond acceptors (Lipinski definition) is 3. The Balaban J connectivity index is 1.85. The molecule has 4 aromatic rings. The zero-order chi connectivity index (χ0) is 23.9. The molecule has 0 bridgehead atoms. The van der Waals surface area contributed by atoms with Gasteiger partial charge in [-0.1, -0.05) is 53.0 Å². The van der Waals surface area contributed by atoms with Crippen LogP contribution in [0.25, 0.3) is 16.6 Å². The van der Waals surface area contributed by atoms with E-state index < -0.39 is 0 Å². The summed E-state index contributed by atoms with van der Waals surface area (Å²) in [6.45, 7) is 8.11. The molecule has 0 saturated heterocycles. The van der Waals surface area contributed by atoms with E-state index in [-0.39, 0.29) is 11.5 Å². The standard InChI is InChI=1S/C25H23BrCl2N4O/c1-5-14(2)24-30-22-8-6-18(26)11-20(22)25(33)32(24)29-13-17-10-15(3)31(16(17)4)23-9-7-19(27)12-21(23)28/h6-14H,5H2,1-4H3/t14-/m1/s1. The topological polar surface area (TPSA) is 52.2 Å². The van der Waals surface area contributed by atoms with Crippen LogP contribution in [0.15, 0.2) is 56.8 Å². The summed E-state index contributed by atoms with van der Waals surface area (Å²) in [6, 6.07) is 13.0. The van der Waals surface area contributed by atoms with Crippen molar-refractivity contribution in [1.82, 2.24) is 14.2 Å². The predicted molar refractivity (Wildman–Crippen MR) is 141 cm³/mol. The number of nitrogens with zero attached hydrogens (tertiary/aromatic N) is 4. The van der Waals surface area contributed by atoms with Gasteiger partial charge in [-0.25, -0.2) is 4.98 Å². The minimum Gasteiger partial charge on any atom is -0.316 e. The Kier molecular flexibility index (Phi) is 6.80. The molecule has 0 spiro atoms. The number of halogens is 3. The SMILES string of the molecule is CC[C@@H](C)c1nc2ccc(Br)cc2c(=O)n1N=Cc1cc(C)n(-c2ccc(Cl)cc2Cl)c1C. The van der Waals surface area contributed by atoms with Crippen molar-refractivity contribution in [3.8, 4) is 5.69 Å². The lowest BCUT2D eigenvalue weighted by molar-refractivity contribution is 0.613. The van der Waals surface area contributed by atoms with Crippen LogP contribution in [0.4, 0.5) is 0 Å². The quantitative estimate of drug-likeness (QED) is 0.247. The average molecular weight is 546 g/mol. The maximum absolute atomic E-state index is 13.4. The maximum atomic E-state index is 13.4. The second-order valence-corrected chi connectivity index (χ2v) is 9.82. The largest absolute Gasteiger partial charge is 0.316 e. The van der Waals surface area contributed by atoms with Gasteiger partial charge in [0.2, 0.25) is 0 Å². The van der Waals surface area contributed by atoms with Gasteiger partial charge >= 0.3 is 0 Å². The Labute approximate surface area is 210 Å². The molecule has 8 heteroatoms. The highest BCUT2D eigenvalue weighted by Gasteiger charge is 2.17. The summed E-state index contributed by atoms with van der Waals surface area (Å²) in [7, 11) is 0. The minimum atomic E-state index is -0.192. The zero-order valence-electron chi connectivity index (χ0n) is 18.7. The fraction of sp³-hybridized carbons (Fsp3) is 0.240.